The van der Waals surface area contributed by atoms with E-state index in [1.165, 1.54) is 12.1 Å². The van der Waals surface area contributed by atoms with Crippen molar-refractivity contribution in [1.82, 2.24) is 24.8 Å². The van der Waals surface area contributed by atoms with Crippen LogP contribution in [0, 0.1) is 19.3 Å². The number of ether oxygens (including phenoxy) is 1. The quantitative estimate of drug-likeness (QED) is 0.191. The van der Waals surface area contributed by atoms with Crippen LogP contribution in [0.1, 0.15) is 78.9 Å². The number of carbonyl (C=O) groups excluding carboxylic acids is 1. The second-order valence-corrected chi connectivity index (χ2v) is 15.7. The van der Waals surface area contributed by atoms with Crippen LogP contribution in [0.25, 0.3) is 22.5 Å². The number of hydrogen-bond donors (Lipinski definition) is 1. The molecule has 2 aliphatic rings. The Bertz CT molecular complexity index is 2190. The highest BCUT2D eigenvalue weighted by atomic mass is 35.5. The minimum absolute atomic E-state index is 0.0170. The van der Waals surface area contributed by atoms with Gasteiger partial charge in [-0.2, -0.15) is 4.98 Å². The maximum atomic E-state index is 14.5. The van der Waals surface area contributed by atoms with Gasteiger partial charge in [-0.25, -0.2) is 28.1 Å². The summed E-state index contributed by atoms with van der Waals surface area (Å²) >= 11 is 6.66. The summed E-state index contributed by atoms with van der Waals surface area (Å²) in [5.74, 6) is 0.309. The van der Waals surface area contributed by atoms with Crippen LogP contribution in [-0.2, 0) is 16.6 Å². The highest BCUT2D eigenvalue weighted by Crippen LogP contribution is 2.50. The first-order valence-electron chi connectivity index (χ1n) is 16.3. The number of carbonyl (C=O) groups is 1. The predicted octanol–water partition coefficient (Wildman–Crippen LogP) is 7.47. The first-order valence-corrected chi connectivity index (χ1v) is 18.1. The lowest BCUT2D eigenvalue weighted by Crippen LogP contribution is -2.44. The van der Waals surface area contributed by atoms with E-state index >= 15 is 0 Å². The van der Waals surface area contributed by atoms with Crippen molar-refractivity contribution >= 4 is 44.7 Å². The lowest BCUT2D eigenvalue weighted by atomic mass is 9.97. The summed E-state index contributed by atoms with van der Waals surface area (Å²) in [4.78, 5) is 34.5. The van der Waals surface area contributed by atoms with Gasteiger partial charge in [-0.3, -0.25) is 4.79 Å². The minimum atomic E-state index is -4.19. The summed E-state index contributed by atoms with van der Waals surface area (Å²) in [5.41, 5.74) is 4.78. The molecule has 1 aliphatic heterocycles. The average molecular weight is 701 g/mol. The van der Waals surface area contributed by atoms with Gasteiger partial charge in [-0.05, 0) is 67.9 Å². The minimum Gasteiger partial charge on any atom is -0.475 e. The van der Waals surface area contributed by atoms with Crippen LogP contribution >= 0.6 is 11.6 Å². The van der Waals surface area contributed by atoms with Crippen molar-refractivity contribution in [3.8, 4) is 17.1 Å². The zero-order chi connectivity index (χ0) is 34.7. The van der Waals surface area contributed by atoms with Gasteiger partial charge in [0.2, 0.25) is 17.5 Å². The monoisotopic (exact) mass is 700 g/mol. The molecular formula is C36H37ClN6O5S. The molecule has 5 aromatic rings. The molecule has 13 heteroatoms. The van der Waals surface area contributed by atoms with E-state index < -0.39 is 16.1 Å². The lowest BCUT2D eigenvalue weighted by molar-refractivity contribution is 0.0537. The maximum absolute atomic E-state index is 14.5. The second kappa shape index (κ2) is 12.4. The molecule has 1 fully saturated rings. The average Bonchev–Trinajstić information content (AvgIpc) is 3.69. The highest BCUT2D eigenvalue weighted by molar-refractivity contribution is 7.92. The lowest BCUT2D eigenvalue weighted by Gasteiger charge is -2.33. The van der Waals surface area contributed by atoms with E-state index in [2.05, 4.69) is 26.6 Å². The topological polar surface area (TPSA) is 140 Å². The number of aromatic nitrogens is 4. The molecule has 0 spiro atoms. The number of halogens is 1. The van der Waals surface area contributed by atoms with Gasteiger partial charge in [0.15, 0.2) is 0 Å². The molecule has 4 bridgehead atoms. The van der Waals surface area contributed by atoms with Crippen LogP contribution < -0.4 is 9.46 Å². The van der Waals surface area contributed by atoms with Gasteiger partial charge in [-0.1, -0.05) is 56.6 Å². The molecule has 1 aliphatic carbocycles. The van der Waals surface area contributed by atoms with Crippen molar-refractivity contribution in [1.29, 1.82) is 0 Å². The number of benzene rings is 2. The number of nitrogens with zero attached hydrogens (tertiary/aromatic N) is 5. The van der Waals surface area contributed by atoms with Crippen molar-refractivity contribution < 1.29 is 22.4 Å². The molecule has 1 N–H and O–H groups in total. The van der Waals surface area contributed by atoms with Crippen molar-refractivity contribution in [2.75, 3.05) is 11.3 Å². The molecule has 254 valence electrons. The maximum Gasteiger partial charge on any atom is 0.264 e. The molecule has 0 unspecified atom stereocenters. The Morgan fingerprint density at radius 1 is 1.06 bits per heavy atom. The first kappa shape index (κ1) is 33.0. The summed E-state index contributed by atoms with van der Waals surface area (Å²) in [6, 6.07) is 13.2. The zero-order valence-electron chi connectivity index (χ0n) is 27.9. The fraction of sp³-hybridized carbons (Fsp3) is 0.361. The van der Waals surface area contributed by atoms with Gasteiger partial charge < -0.3 is 14.1 Å². The second-order valence-electron chi connectivity index (χ2n) is 13.7. The van der Waals surface area contributed by atoms with Gasteiger partial charge in [0.1, 0.15) is 22.9 Å². The van der Waals surface area contributed by atoms with Gasteiger partial charge in [0.05, 0.1) is 35.1 Å². The summed E-state index contributed by atoms with van der Waals surface area (Å²) in [5, 5.41) is 0.394. The van der Waals surface area contributed by atoms with Gasteiger partial charge in [0.25, 0.3) is 15.9 Å². The molecule has 1 amide bonds. The van der Waals surface area contributed by atoms with E-state index in [0.717, 1.165) is 29.5 Å². The fourth-order valence-electron chi connectivity index (χ4n) is 6.35. The molecule has 3 aromatic heterocycles. The third-order valence-electron chi connectivity index (χ3n) is 9.29. The van der Waals surface area contributed by atoms with Crippen LogP contribution in [0.4, 0.5) is 5.95 Å². The number of amides is 1. The van der Waals surface area contributed by atoms with E-state index in [9.17, 15) is 13.2 Å². The van der Waals surface area contributed by atoms with Crippen molar-refractivity contribution in [3.63, 3.8) is 0 Å². The highest BCUT2D eigenvalue weighted by Gasteiger charge is 2.42. The molecule has 0 radical (unpaired) electrons. The van der Waals surface area contributed by atoms with Crippen LogP contribution in [0.2, 0.25) is 5.02 Å². The van der Waals surface area contributed by atoms with Crippen molar-refractivity contribution in [2.45, 2.75) is 77.3 Å². The fourth-order valence-corrected chi connectivity index (χ4v) is 7.72. The third kappa shape index (κ3) is 6.59. The Hall–Kier alpha value is -4.55. The Labute approximate surface area is 290 Å². The zero-order valence-corrected chi connectivity index (χ0v) is 29.5. The normalized spacial score (nSPS) is 18.3. The van der Waals surface area contributed by atoms with Crippen molar-refractivity contribution in [3.05, 3.63) is 87.9 Å². The van der Waals surface area contributed by atoms with E-state index in [0.29, 0.717) is 39.8 Å². The Kier molecular flexibility index (Phi) is 8.35. The van der Waals surface area contributed by atoms with Crippen LogP contribution in [0.15, 0.2) is 64.0 Å². The summed E-state index contributed by atoms with van der Waals surface area (Å²) in [6.07, 6.45) is 4.27. The van der Waals surface area contributed by atoms with Crippen molar-refractivity contribution in [2.24, 2.45) is 5.41 Å². The molecule has 1 saturated carbocycles. The number of fused-ring (bicyclic) bond motifs is 5. The smallest absolute Gasteiger partial charge is 0.264 e. The third-order valence-corrected chi connectivity index (χ3v) is 11.0. The number of sulfonamides is 1. The molecule has 0 saturated heterocycles. The Morgan fingerprint density at radius 2 is 1.80 bits per heavy atom. The summed E-state index contributed by atoms with van der Waals surface area (Å²) in [7, 11) is -4.19. The van der Waals surface area contributed by atoms with E-state index in [1.807, 2.05) is 45.9 Å². The SMILES string of the molecule is Cc1cccc(C)c1-c1cc2nc(n1)NS(=O)(=O)c1cccc(c1)C(=O)N(Cc1cnc3oc(C(C)C)c(Cl)c3n1)[C@H](CC1(C)CC1)CO2. The number of hydrogen-bond acceptors (Lipinski definition) is 9. The number of anilines is 1. The molecule has 1 atom stereocenters. The molecule has 2 aromatic carbocycles. The summed E-state index contributed by atoms with van der Waals surface area (Å²) in [6.45, 7) is 10.2. The van der Waals surface area contributed by atoms with E-state index in [4.69, 9.17) is 25.7 Å². The largest absolute Gasteiger partial charge is 0.475 e. The molecule has 7 rings (SSSR count). The number of rotatable bonds is 6. The predicted molar refractivity (Wildman–Crippen MR) is 186 cm³/mol. The number of furan rings is 1. The number of aryl methyl sites for hydroxylation is 2. The molecular weight excluding hydrogens is 664 g/mol. The van der Waals surface area contributed by atoms with Gasteiger partial charge in [-0.15, -0.1) is 0 Å². The molecule has 11 nitrogen and oxygen atoms in total. The Balaban J connectivity index is 1.35. The molecule has 4 heterocycles. The van der Waals surface area contributed by atoms with Gasteiger partial charge in [0, 0.05) is 23.1 Å². The first-order chi connectivity index (χ1) is 23.3. The number of nitrogens with one attached hydrogen (secondary N) is 1. The molecule has 49 heavy (non-hydrogen) atoms. The van der Waals surface area contributed by atoms with E-state index in [1.54, 1.807) is 29.3 Å². The van der Waals surface area contributed by atoms with Gasteiger partial charge >= 0.3 is 0 Å². The van der Waals surface area contributed by atoms with Crippen LogP contribution in [-0.4, -0.2) is 51.8 Å². The standard InChI is InChI=1S/C36H37ClN6O5S/c1-20(2)32-30(37)31-33(48-32)38-17-24(39-31)18-43-25(16-36(5)12-13-36)19-47-28-15-27(29-21(3)8-6-9-22(29)4)40-35(41-28)42-49(45,46)26-11-7-10-23(14-26)34(43)44/h6-11,14-15,17,20,25H,12-13,16,18-19H2,1-5H3,(H,40,41,42)/t25-/m1/s1. The van der Waals surface area contributed by atoms with E-state index in [-0.39, 0.29) is 52.7 Å². The Morgan fingerprint density at radius 3 is 2.51 bits per heavy atom. The van der Waals surface area contributed by atoms with Crippen LogP contribution in [0.5, 0.6) is 5.88 Å². The van der Waals surface area contributed by atoms with Crippen LogP contribution in [0.3, 0.4) is 0 Å². The summed E-state index contributed by atoms with van der Waals surface area (Å²) < 4.78 is 42.2.